The number of H-pyrrole nitrogens is 1. The highest BCUT2D eigenvalue weighted by atomic mass is 19.4. The fourth-order valence-electron chi connectivity index (χ4n) is 3.36. The van der Waals surface area contributed by atoms with Gasteiger partial charge >= 0.3 is 6.18 Å². The van der Waals surface area contributed by atoms with Crippen LogP contribution in [0.1, 0.15) is 5.56 Å². The highest BCUT2D eigenvalue weighted by Gasteiger charge is 2.30. The van der Waals surface area contributed by atoms with E-state index >= 15 is 0 Å². The molecular formula is C23H22F3N5. The molecule has 0 radical (unpaired) electrons. The normalized spacial score (nSPS) is 11.9. The molecule has 0 amide bonds. The molecule has 0 aliphatic heterocycles. The SMILES string of the molecule is CN(C)CCNc1cncc(-c2ccc3[nH]cc(-c4ccc(C(F)(F)F)cc4)c3c2)n1. The molecule has 0 fully saturated rings. The monoisotopic (exact) mass is 425 g/mol. The van der Waals surface area contributed by atoms with E-state index in [2.05, 4.69) is 25.2 Å². The van der Waals surface area contributed by atoms with Crippen molar-refractivity contribution < 1.29 is 13.2 Å². The standard InChI is InChI=1S/C23H22F3N5/c1-31(2)10-9-28-22-14-27-13-21(30-22)16-5-8-20-18(11-16)19(12-29-20)15-3-6-17(7-4-15)23(24,25)26/h3-8,11-14,29H,9-10H2,1-2H3,(H,28,30). The van der Waals surface area contributed by atoms with Crippen molar-refractivity contribution >= 4 is 16.7 Å². The van der Waals surface area contributed by atoms with E-state index in [9.17, 15) is 13.2 Å². The first-order valence-corrected chi connectivity index (χ1v) is 9.81. The van der Waals surface area contributed by atoms with Crippen LogP contribution in [0, 0.1) is 0 Å². The van der Waals surface area contributed by atoms with Gasteiger partial charge in [0.05, 0.1) is 23.7 Å². The first-order valence-electron chi connectivity index (χ1n) is 9.81. The Morgan fingerprint density at radius 1 is 1.00 bits per heavy atom. The van der Waals surface area contributed by atoms with Crippen molar-refractivity contribution in [3.63, 3.8) is 0 Å². The van der Waals surface area contributed by atoms with Gasteiger partial charge in [-0.3, -0.25) is 4.98 Å². The van der Waals surface area contributed by atoms with Crippen molar-refractivity contribution in [2.45, 2.75) is 6.18 Å². The summed E-state index contributed by atoms with van der Waals surface area (Å²) in [7, 11) is 4.01. The number of rotatable bonds is 6. The molecule has 0 saturated heterocycles. The van der Waals surface area contributed by atoms with Crippen molar-refractivity contribution in [2.24, 2.45) is 0 Å². The zero-order chi connectivity index (χ0) is 22.0. The second-order valence-corrected chi connectivity index (χ2v) is 7.56. The summed E-state index contributed by atoms with van der Waals surface area (Å²) in [6.45, 7) is 1.62. The Morgan fingerprint density at radius 3 is 2.45 bits per heavy atom. The van der Waals surface area contributed by atoms with E-state index in [0.29, 0.717) is 11.4 Å². The third-order valence-electron chi connectivity index (χ3n) is 5.00. The van der Waals surface area contributed by atoms with Gasteiger partial charge in [0.15, 0.2) is 0 Å². The molecule has 0 aliphatic carbocycles. The van der Waals surface area contributed by atoms with Gasteiger partial charge in [0, 0.05) is 41.3 Å². The first-order chi connectivity index (χ1) is 14.8. The smallest absolute Gasteiger partial charge is 0.367 e. The molecule has 31 heavy (non-hydrogen) atoms. The number of fused-ring (bicyclic) bond motifs is 1. The van der Waals surface area contributed by atoms with Crippen LogP contribution in [-0.2, 0) is 6.18 Å². The van der Waals surface area contributed by atoms with Crippen LogP contribution in [0.3, 0.4) is 0 Å². The average Bonchev–Trinajstić information content (AvgIpc) is 3.16. The van der Waals surface area contributed by atoms with Crippen LogP contribution in [0.25, 0.3) is 33.3 Å². The molecule has 0 bridgehead atoms. The van der Waals surface area contributed by atoms with E-state index < -0.39 is 11.7 Å². The van der Waals surface area contributed by atoms with Gasteiger partial charge in [-0.05, 0) is 43.9 Å². The van der Waals surface area contributed by atoms with Gasteiger partial charge in [-0.1, -0.05) is 18.2 Å². The maximum absolute atomic E-state index is 12.9. The summed E-state index contributed by atoms with van der Waals surface area (Å²) >= 11 is 0. The number of alkyl halides is 3. The van der Waals surface area contributed by atoms with Crippen LogP contribution in [0.15, 0.2) is 61.1 Å². The van der Waals surface area contributed by atoms with E-state index in [0.717, 1.165) is 52.9 Å². The Labute approximate surface area is 178 Å². The molecule has 8 heteroatoms. The summed E-state index contributed by atoms with van der Waals surface area (Å²) in [6.07, 6.45) is 0.836. The Kier molecular flexibility index (Phi) is 5.65. The minimum atomic E-state index is -4.35. The predicted molar refractivity (Wildman–Crippen MR) is 117 cm³/mol. The summed E-state index contributed by atoms with van der Waals surface area (Å²) in [5, 5.41) is 4.17. The van der Waals surface area contributed by atoms with Gasteiger partial charge in [0.2, 0.25) is 0 Å². The minimum absolute atomic E-state index is 0.661. The maximum Gasteiger partial charge on any atom is 0.416 e. The second kappa shape index (κ2) is 8.39. The number of likely N-dealkylation sites (N-methyl/N-ethyl adjacent to an activating group) is 1. The van der Waals surface area contributed by atoms with Crippen LogP contribution in [0.2, 0.25) is 0 Å². The summed E-state index contributed by atoms with van der Waals surface area (Å²) in [5.41, 5.74) is 3.37. The van der Waals surface area contributed by atoms with Crippen molar-refractivity contribution in [1.29, 1.82) is 0 Å². The topological polar surface area (TPSA) is 56.8 Å². The van der Waals surface area contributed by atoms with Crippen LogP contribution in [0.5, 0.6) is 0 Å². The number of anilines is 1. The number of halogens is 3. The van der Waals surface area contributed by atoms with E-state index in [-0.39, 0.29) is 0 Å². The molecule has 2 aromatic heterocycles. The van der Waals surface area contributed by atoms with Crippen LogP contribution in [0.4, 0.5) is 19.0 Å². The molecule has 4 rings (SSSR count). The number of aromatic amines is 1. The molecule has 4 aromatic rings. The summed E-state index contributed by atoms with van der Waals surface area (Å²) < 4.78 is 38.6. The van der Waals surface area contributed by atoms with Crippen LogP contribution < -0.4 is 5.32 Å². The highest BCUT2D eigenvalue weighted by Crippen LogP contribution is 2.34. The van der Waals surface area contributed by atoms with Gasteiger partial charge in [-0.2, -0.15) is 13.2 Å². The molecule has 2 heterocycles. The molecule has 2 N–H and O–H groups in total. The van der Waals surface area contributed by atoms with Gasteiger partial charge < -0.3 is 15.2 Å². The Bertz CT molecular complexity index is 1180. The van der Waals surface area contributed by atoms with Gasteiger partial charge in [-0.15, -0.1) is 0 Å². The average molecular weight is 425 g/mol. The van der Waals surface area contributed by atoms with Crippen LogP contribution >= 0.6 is 0 Å². The number of aromatic nitrogens is 3. The van der Waals surface area contributed by atoms with Crippen molar-refractivity contribution in [3.05, 3.63) is 66.6 Å². The molecule has 5 nitrogen and oxygen atoms in total. The van der Waals surface area contributed by atoms with Crippen molar-refractivity contribution in [2.75, 3.05) is 32.5 Å². The third kappa shape index (κ3) is 4.69. The predicted octanol–water partition coefficient (Wildman–Crippen LogP) is 5.28. The molecule has 0 atom stereocenters. The maximum atomic E-state index is 12.9. The molecule has 2 aromatic carbocycles. The molecule has 0 unspecified atom stereocenters. The van der Waals surface area contributed by atoms with Gasteiger partial charge in [-0.25, -0.2) is 4.98 Å². The molecule has 160 valence electrons. The number of nitrogens with one attached hydrogen (secondary N) is 2. The molecule has 0 spiro atoms. The summed E-state index contributed by atoms with van der Waals surface area (Å²) in [5.74, 6) is 0.691. The van der Waals surface area contributed by atoms with E-state index in [1.165, 1.54) is 12.1 Å². The fraction of sp³-hybridized carbons (Fsp3) is 0.217. The Morgan fingerprint density at radius 2 is 1.74 bits per heavy atom. The summed E-state index contributed by atoms with van der Waals surface area (Å²) in [6, 6.07) is 11.1. The first kappa shape index (κ1) is 20.9. The van der Waals surface area contributed by atoms with Crippen molar-refractivity contribution in [1.82, 2.24) is 19.9 Å². The lowest BCUT2D eigenvalue weighted by Gasteiger charge is -2.11. The van der Waals surface area contributed by atoms with E-state index in [4.69, 9.17) is 0 Å². The highest BCUT2D eigenvalue weighted by molar-refractivity contribution is 5.97. The van der Waals surface area contributed by atoms with E-state index in [1.54, 1.807) is 12.4 Å². The lowest BCUT2D eigenvalue weighted by Crippen LogP contribution is -2.21. The van der Waals surface area contributed by atoms with Crippen LogP contribution in [-0.4, -0.2) is 47.0 Å². The third-order valence-corrected chi connectivity index (χ3v) is 5.00. The Hall–Kier alpha value is -3.39. The minimum Gasteiger partial charge on any atom is -0.367 e. The number of hydrogen-bond acceptors (Lipinski definition) is 4. The lowest BCUT2D eigenvalue weighted by atomic mass is 10.0. The number of hydrogen-bond donors (Lipinski definition) is 2. The van der Waals surface area contributed by atoms with Gasteiger partial charge in [0.1, 0.15) is 5.82 Å². The lowest BCUT2D eigenvalue weighted by molar-refractivity contribution is -0.137. The quantitative estimate of drug-likeness (QED) is 0.441. The summed E-state index contributed by atoms with van der Waals surface area (Å²) in [4.78, 5) is 14.2. The largest absolute Gasteiger partial charge is 0.416 e. The zero-order valence-electron chi connectivity index (χ0n) is 17.2. The number of benzene rings is 2. The fourth-order valence-corrected chi connectivity index (χ4v) is 3.36. The second-order valence-electron chi connectivity index (χ2n) is 7.56. The zero-order valence-corrected chi connectivity index (χ0v) is 17.2. The Balaban J connectivity index is 1.65. The number of nitrogens with zero attached hydrogens (tertiary/aromatic N) is 3. The van der Waals surface area contributed by atoms with E-state index in [1.807, 2.05) is 38.5 Å². The molecule has 0 aliphatic rings. The molecular weight excluding hydrogens is 403 g/mol. The molecule has 0 saturated carbocycles. The van der Waals surface area contributed by atoms with Gasteiger partial charge in [0.25, 0.3) is 0 Å². The van der Waals surface area contributed by atoms with Crippen molar-refractivity contribution in [3.8, 4) is 22.4 Å².